The van der Waals surface area contributed by atoms with E-state index in [1.807, 2.05) is 6.07 Å². The number of hydrogen-bond acceptors (Lipinski definition) is 4. The van der Waals surface area contributed by atoms with Crippen LogP contribution in [0.2, 0.25) is 0 Å². The van der Waals surface area contributed by atoms with Crippen LogP contribution < -0.4 is 0 Å². The van der Waals surface area contributed by atoms with Crippen LogP contribution in [-0.2, 0) is 6.42 Å². The second-order valence-electron chi connectivity index (χ2n) is 3.18. The monoisotopic (exact) mass is 277 g/mol. The Bertz CT molecular complexity index is 502. The summed E-state index contributed by atoms with van der Waals surface area (Å²) in [6.07, 6.45) is 6.70. The van der Waals surface area contributed by atoms with E-state index in [4.69, 9.17) is 0 Å². The smallest absolute Gasteiger partial charge is 0.204 e. The van der Waals surface area contributed by atoms with Crippen molar-refractivity contribution in [3.8, 4) is 0 Å². The van der Waals surface area contributed by atoms with Crippen LogP contribution in [0.25, 0.3) is 0 Å². The van der Waals surface area contributed by atoms with Crippen molar-refractivity contribution in [2.24, 2.45) is 0 Å². The van der Waals surface area contributed by atoms with E-state index < -0.39 is 0 Å². The Morgan fingerprint density at radius 3 is 2.69 bits per heavy atom. The zero-order valence-electron chi connectivity index (χ0n) is 8.30. The average Bonchev–Trinajstić information content (AvgIpc) is 2.30. The third-order valence-electron chi connectivity index (χ3n) is 1.94. The van der Waals surface area contributed by atoms with E-state index in [9.17, 15) is 4.79 Å². The summed E-state index contributed by atoms with van der Waals surface area (Å²) >= 11 is 3.30. The summed E-state index contributed by atoms with van der Waals surface area (Å²) in [5.74, 6) is 0.128. The van der Waals surface area contributed by atoms with E-state index in [2.05, 4.69) is 30.9 Å². The van der Waals surface area contributed by atoms with E-state index >= 15 is 0 Å². The van der Waals surface area contributed by atoms with Gasteiger partial charge in [-0.25, -0.2) is 9.97 Å². The number of ketones is 1. The lowest BCUT2D eigenvalue weighted by molar-refractivity contribution is 0.0983. The molecule has 0 aliphatic rings. The van der Waals surface area contributed by atoms with Gasteiger partial charge in [-0.3, -0.25) is 9.78 Å². The molecule has 0 spiro atoms. The molecule has 16 heavy (non-hydrogen) atoms. The molecule has 0 aromatic carbocycles. The second-order valence-corrected chi connectivity index (χ2v) is 4.10. The van der Waals surface area contributed by atoms with E-state index in [0.29, 0.717) is 0 Å². The van der Waals surface area contributed by atoms with Crippen LogP contribution in [0.3, 0.4) is 0 Å². The molecule has 0 fully saturated rings. The summed E-state index contributed by atoms with van der Waals surface area (Å²) in [5, 5.41) is 0. The van der Waals surface area contributed by atoms with Gasteiger partial charge in [0.05, 0.1) is 0 Å². The third kappa shape index (κ3) is 2.70. The van der Waals surface area contributed by atoms with Gasteiger partial charge in [0.15, 0.2) is 5.82 Å². The first kappa shape index (κ1) is 10.9. The number of pyridine rings is 1. The highest BCUT2D eigenvalue weighted by molar-refractivity contribution is 9.10. The number of rotatable bonds is 3. The Morgan fingerprint density at radius 1 is 1.25 bits per heavy atom. The second kappa shape index (κ2) is 4.94. The average molecular weight is 278 g/mol. The molecule has 0 aliphatic heterocycles. The molecule has 0 unspecified atom stereocenters. The Hall–Kier alpha value is -1.62. The fourth-order valence-corrected chi connectivity index (χ4v) is 1.67. The summed E-state index contributed by atoms with van der Waals surface area (Å²) in [7, 11) is 0. The minimum atomic E-state index is -0.111. The molecule has 5 heteroatoms. The summed E-state index contributed by atoms with van der Waals surface area (Å²) in [6, 6.07) is 3.53. The molecule has 0 amide bonds. The van der Waals surface area contributed by atoms with Gasteiger partial charge in [-0.05, 0) is 33.6 Å². The van der Waals surface area contributed by atoms with Crippen molar-refractivity contribution in [2.45, 2.75) is 6.42 Å². The summed E-state index contributed by atoms with van der Waals surface area (Å²) in [4.78, 5) is 23.6. The van der Waals surface area contributed by atoms with E-state index in [1.54, 1.807) is 30.9 Å². The molecular weight excluding hydrogens is 270 g/mol. The molecule has 0 saturated carbocycles. The lowest BCUT2D eigenvalue weighted by Gasteiger charge is -1.99. The van der Waals surface area contributed by atoms with E-state index in [1.165, 1.54) is 0 Å². The van der Waals surface area contributed by atoms with Gasteiger partial charge in [0.25, 0.3) is 0 Å². The topological polar surface area (TPSA) is 55.7 Å². The van der Waals surface area contributed by atoms with Crippen molar-refractivity contribution in [1.82, 2.24) is 15.0 Å². The third-order valence-corrected chi connectivity index (χ3v) is 2.38. The standard InChI is InChI=1S/C11H8BrN3O/c12-9-4-8(6-13-7-9)5-10(16)11-14-2-1-3-15-11/h1-4,6-7H,5H2. The number of carbonyl (C=O) groups is 1. The zero-order valence-corrected chi connectivity index (χ0v) is 9.89. The number of aromatic nitrogens is 3. The molecule has 2 aromatic heterocycles. The lowest BCUT2D eigenvalue weighted by atomic mass is 10.1. The zero-order chi connectivity index (χ0) is 11.4. The molecule has 0 aliphatic carbocycles. The highest BCUT2D eigenvalue weighted by Gasteiger charge is 2.09. The highest BCUT2D eigenvalue weighted by Crippen LogP contribution is 2.11. The van der Waals surface area contributed by atoms with Crippen LogP contribution in [0.4, 0.5) is 0 Å². The summed E-state index contributed by atoms with van der Waals surface area (Å²) in [6.45, 7) is 0. The molecule has 2 rings (SSSR count). The Kier molecular flexibility index (Phi) is 3.36. The first-order valence-electron chi connectivity index (χ1n) is 4.65. The predicted molar refractivity (Wildman–Crippen MR) is 62.0 cm³/mol. The SMILES string of the molecule is O=C(Cc1cncc(Br)c1)c1ncccn1. The maximum Gasteiger partial charge on any atom is 0.204 e. The summed E-state index contributed by atoms with van der Waals surface area (Å²) in [5.41, 5.74) is 0.840. The van der Waals surface area contributed by atoms with Gasteiger partial charge in [-0.2, -0.15) is 0 Å². The number of carbonyl (C=O) groups excluding carboxylic acids is 1. The number of hydrogen-bond donors (Lipinski definition) is 0. The normalized spacial score (nSPS) is 10.1. The van der Waals surface area contributed by atoms with Crippen LogP contribution in [0.1, 0.15) is 16.2 Å². The van der Waals surface area contributed by atoms with E-state index in [0.717, 1.165) is 10.0 Å². The molecule has 0 N–H and O–H groups in total. The maximum absolute atomic E-state index is 11.8. The van der Waals surface area contributed by atoms with Crippen LogP contribution in [0, 0.1) is 0 Å². The Labute approximate surface area is 101 Å². The number of halogens is 1. The van der Waals surface area contributed by atoms with Crippen LogP contribution in [0.5, 0.6) is 0 Å². The summed E-state index contributed by atoms with van der Waals surface area (Å²) < 4.78 is 0.854. The molecule has 0 bridgehead atoms. The molecule has 4 nitrogen and oxygen atoms in total. The maximum atomic E-state index is 11.8. The molecule has 2 heterocycles. The van der Waals surface area contributed by atoms with Crippen molar-refractivity contribution in [2.75, 3.05) is 0 Å². The highest BCUT2D eigenvalue weighted by atomic mass is 79.9. The molecule has 0 radical (unpaired) electrons. The van der Waals surface area contributed by atoms with Crippen molar-refractivity contribution in [1.29, 1.82) is 0 Å². The van der Waals surface area contributed by atoms with Crippen LogP contribution in [-0.4, -0.2) is 20.7 Å². The minimum absolute atomic E-state index is 0.111. The molecule has 0 atom stereocenters. The van der Waals surface area contributed by atoms with Gasteiger partial charge in [0.1, 0.15) is 0 Å². The molecule has 2 aromatic rings. The fraction of sp³-hybridized carbons (Fsp3) is 0.0909. The molecule has 80 valence electrons. The van der Waals surface area contributed by atoms with Gasteiger partial charge in [-0.1, -0.05) is 0 Å². The quantitative estimate of drug-likeness (QED) is 0.806. The van der Waals surface area contributed by atoms with Crippen LogP contribution >= 0.6 is 15.9 Å². The predicted octanol–water partition coefficient (Wildman–Crippen LogP) is 2.06. The van der Waals surface area contributed by atoms with Crippen molar-refractivity contribution in [3.05, 3.63) is 52.8 Å². The van der Waals surface area contributed by atoms with Crippen LogP contribution in [0.15, 0.2) is 41.4 Å². The van der Waals surface area contributed by atoms with Gasteiger partial charge in [-0.15, -0.1) is 0 Å². The lowest BCUT2D eigenvalue weighted by Crippen LogP contribution is -2.08. The largest absolute Gasteiger partial charge is 0.290 e. The first-order chi connectivity index (χ1) is 7.75. The van der Waals surface area contributed by atoms with Crippen molar-refractivity contribution in [3.63, 3.8) is 0 Å². The Balaban J connectivity index is 2.14. The number of Topliss-reactive ketones (excluding diaryl/α,β-unsaturated/α-hetero) is 1. The first-order valence-corrected chi connectivity index (χ1v) is 5.44. The van der Waals surface area contributed by atoms with Gasteiger partial charge in [0.2, 0.25) is 5.78 Å². The van der Waals surface area contributed by atoms with Gasteiger partial charge < -0.3 is 0 Å². The van der Waals surface area contributed by atoms with Gasteiger partial charge >= 0.3 is 0 Å². The minimum Gasteiger partial charge on any atom is -0.290 e. The molecular formula is C11H8BrN3O. The fourth-order valence-electron chi connectivity index (χ4n) is 1.26. The van der Waals surface area contributed by atoms with E-state index in [-0.39, 0.29) is 18.0 Å². The molecule has 0 saturated heterocycles. The number of nitrogens with zero attached hydrogens (tertiary/aromatic N) is 3. The van der Waals surface area contributed by atoms with Crippen molar-refractivity contribution >= 4 is 21.7 Å². The van der Waals surface area contributed by atoms with Crippen molar-refractivity contribution < 1.29 is 4.79 Å². The van der Waals surface area contributed by atoms with Gasteiger partial charge in [0, 0.05) is 35.7 Å². The Morgan fingerprint density at radius 2 is 2.00 bits per heavy atom.